The summed E-state index contributed by atoms with van der Waals surface area (Å²) >= 11 is 0. The number of carbonyl (C=O) groups is 1. The van der Waals surface area contributed by atoms with E-state index in [0.717, 1.165) is 12.0 Å². The monoisotopic (exact) mass is 282 g/mol. The molecule has 1 amide bonds. The van der Waals surface area contributed by atoms with Crippen molar-refractivity contribution in [2.24, 2.45) is 0 Å². The van der Waals surface area contributed by atoms with E-state index in [1.165, 1.54) is 5.56 Å². The van der Waals surface area contributed by atoms with Gasteiger partial charge in [-0.05, 0) is 35.6 Å². The lowest BCUT2D eigenvalue weighted by Gasteiger charge is -2.18. The fourth-order valence-electron chi connectivity index (χ4n) is 2.28. The standard InChI is InChI=1S/C18H22N2O/c1-4-17(15-7-5-14(6-8-15)13(2)3)20-18(21)16-9-11-19-12-10-16/h5-13,17H,4H2,1-3H3,(H,20,21)/t17-/m0/s1. The number of hydrogen-bond acceptors (Lipinski definition) is 2. The van der Waals surface area contributed by atoms with Crippen LogP contribution in [0.3, 0.4) is 0 Å². The minimum atomic E-state index is -0.0582. The van der Waals surface area contributed by atoms with Gasteiger partial charge in [0.15, 0.2) is 0 Å². The first kappa shape index (κ1) is 15.2. The Kier molecular flexibility index (Phi) is 5.09. The number of benzene rings is 1. The number of amides is 1. The number of rotatable bonds is 5. The Morgan fingerprint density at radius 3 is 2.14 bits per heavy atom. The first-order valence-corrected chi connectivity index (χ1v) is 7.42. The Bertz CT molecular complexity index is 576. The lowest BCUT2D eigenvalue weighted by Crippen LogP contribution is -2.28. The van der Waals surface area contributed by atoms with Gasteiger partial charge >= 0.3 is 0 Å². The van der Waals surface area contributed by atoms with Crippen molar-refractivity contribution in [3.05, 3.63) is 65.5 Å². The summed E-state index contributed by atoms with van der Waals surface area (Å²) in [7, 11) is 0. The van der Waals surface area contributed by atoms with Gasteiger partial charge in [0, 0.05) is 18.0 Å². The van der Waals surface area contributed by atoms with Crippen molar-refractivity contribution >= 4 is 5.91 Å². The van der Waals surface area contributed by atoms with Gasteiger partial charge in [0.1, 0.15) is 0 Å². The van der Waals surface area contributed by atoms with E-state index in [-0.39, 0.29) is 11.9 Å². The number of nitrogens with zero attached hydrogens (tertiary/aromatic N) is 1. The summed E-state index contributed by atoms with van der Waals surface area (Å²) in [4.78, 5) is 16.2. The average molecular weight is 282 g/mol. The summed E-state index contributed by atoms with van der Waals surface area (Å²) in [6.45, 7) is 6.43. The van der Waals surface area contributed by atoms with Crippen LogP contribution in [0.15, 0.2) is 48.8 Å². The zero-order chi connectivity index (χ0) is 15.2. The number of hydrogen-bond donors (Lipinski definition) is 1. The zero-order valence-electron chi connectivity index (χ0n) is 12.8. The van der Waals surface area contributed by atoms with Gasteiger partial charge in [0.2, 0.25) is 0 Å². The zero-order valence-corrected chi connectivity index (χ0v) is 12.8. The highest BCUT2D eigenvalue weighted by Crippen LogP contribution is 2.21. The topological polar surface area (TPSA) is 42.0 Å². The van der Waals surface area contributed by atoms with Gasteiger partial charge in [-0.2, -0.15) is 0 Å². The first-order chi connectivity index (χ1) is 10.1. The molecular weight excluding hydrogens is 260 g/mol. The summed E-state index contributed by atoms with van der Waals surface area (Å²) in [5.74, 6) is 0.461. The summed E-state index contributed by atoms with van der Waals surface area (Å²) in [6, 6.07) is 12.0. The van der Waals surface area contributed by atoms with Crippen LogP contribution in [0.2, 0.25) is 0 Å². The second-order valence-electron chi connectivity index (χ2n) is 5.49. The normalized spacial score (nSPS) is 12.2. The maximum absolute atomic E-state index is 12.2. The Morgan fingerprint density at radius 2 is 1.62 bits per heavy atom. The van der Waals surface area contributed by atoms with Crippen LogP contribution in [0, 0.1) is 0 Å². The third-order valence-electron chi connectivity index (χ3n) is 3.66. The molecule has 21 heavy (non-hydrogen) atoms. The van der Waals surface area contributed by atoms with Crippen molar-refractivity contribution in [3.8, 4) is 0 Å². The van der Waals surface area contributed by atoms with Crippen molar-refractivity contribution in [1.82, 2.24) is 10.3 Å². The van der Waals surface area contributed by atoms with Gasteiger partial charge in [-0.1, -0.05) is 45.0 Å². The third-order valence-corrected chi connectivity index (χ3v) is 3.66. The van der Waals surface area contributed by atoms with E-state index in [1.807, 2.05) is 0 Å². The van der Waals surface area contributed by atoms with Gasteiger partial charge in [0.25, 0.3) is 5.91 Å². The molecule has 2 aromatic rings. The molecule has 0 radical (unpaired) electrons. The van der Waals surface area contributed by atoms with Crippen molar-refractivity contribution in [3.63, 3.8) is 0 Å². The SMILES string of the molecule is CC[C@H](NC(=O)c1ccncc1)c1ccc(C(C)C)cc1. The van der Waals surface area contributed by atoms with E-state index < -0.39 is 0 Å². The molecule has 110 valence electrons. The van der Waals surface area contributed by atoms with E-state index in [2.05, 4.69) is 55.3 Å². The number of carbonyl (C=O) groups excluding carboxylic acids is 1. The lowest BCUT2D eigenvalue weighted by atomic mass is 9.98. The fraction of sp³-hybridized carbons (Fsp3) is 0.333. The van der Waals surface area contributed by atoms with Crippen LogP contribution in [-0.2, 0) is 0 Å². The van der Waals surface area contributed by atoms with E-state index in [1.54, 1.807) is 24.5 Å². The summed E-state index contributed by atoms with van der Waals surface area (Å²) in [6.07, 6.45) is 4.12. The van der Waals surface area contributed by atoms with E-state index in [9.17, 15) is 4.79 Å². The summed E-state index contributed by atoms with van der Waals surface area (Å²) < 4.78 is 0. The second kappa shape index (κ2) is 7.02. The predicted molar refractivity (Wildman–Crippen MR) is 85.3 cm³/mol. The molecule has 1 aromatic heterocycles. The average Bonchev–Trinajstić information content (AvgIpc) is 2.53. The van der Waals surface area contributed by atoms with Gasteiger partial charge in [-0.25, -0.2) is 0 Å². The van der Waals surface area contributed by atoms with Gasteiger partial charge < -0.3 is 5.32 Å². The van der Waals surface area contributed by atoms with Crippen LogP contribution < -0.4 is 5.32 Å². The van der Waals surface area contributed by atoms with E-state index >= 15 is 0 Å². The van der Waals surface area contributed by atoms with Crippen LogP contribution >= 0.6 is 0 Å². The summed E-state index contributed by atoms with van der Waals surface area (Å²) in [5.41, 5.74) is 3.10. The molecule has 1 aromatic carbocycles. The lowest BCUT2D eigenvalue weighted by molar-refractivity contribution is 0.0935. The minimum absolute atomic E-state index is 0.0341. The van der Waals surface area contributed by atoms with Crippen molar-refractivity contribution in [1.29, 1.82) is 0 Å². The Balaban J connectivity index is 2.11. The van der Waals surface area contributed by atoms with Crippen LogP contribution in [0.25, 0.3) is 0 Å². The largest absolute Gasteiger partial charge is 0.345 e. The molecule has 0 aliphatic carbocycles. The number of pyridine rings is 1. The van der Waals surface area contributed by atoms with Crippen molar-refractivity contribution in [2.45, 2.75) is 39.2 Å². The first-order valence-electron chi connectivity index (χ1n) is 7.42. The molecule has 1 N–H and O–H groups in total. The van der Waals surface area contributed by atoms with Gasteiger partial charge in [-0.3, -0.25) is 9.78 Å². The predicted octanol–water partition coefficient (Wildman–Crippen LogP) is 4.09. The molecule has 0 bridgehead atoms. The Labute approximate surface area is 126 Å². The van der Waals surface area contributed by atoms with Crippen LogP contribution in [-0.4, -0.2) is 10.9 Å². The molecule has 0 saturated carbocycles. The van der Waals surface area contributed by atoms with E-state index in [4.69, 9.17) is 0 Å². The molecule has 3 heteroatoms. The maximum Gasteiger partial charge on any atom is 0.251 e. The molecule has 0 aliphatic heterocycles. The van der Waals surface area contributed by atoms with Crippen LogP contribution in [0.5, 0.6) is 0 Å². The van der Waals surface area contributed by atoms with Crippen molar-refractivity contribution < 1.29 is 4.79 Å². The molecule has 0 spiro atoms. The molecule has 0 aliphatic rings. The molecular formula is C18H22N2O. The van der Waals surface area contributed by atoms with Gasteiger partial charge in [-0.15, -0.1) is 0 Å². The molecule has 0 saturated heterocycles. The van der Waals surface area contributed by atoms with Crippen molar-refractivity contribution in [2.75, 3.05) is 0 Å². The van der Waals surface area contributed by atoms with Crippen LogP contribution in [0.1, 0.15) is 60.6 Å². The maximum atomic E-state index is 12.2. The molecule has 3 nitrogen and oxygen atoms in total. The van der Waals surface area contributed by atoms with Gasteiger partial charge in [0.05, 0.1) is 6.04 Å². The number of nitrogens with one attached hydrogen (secondary N) is 1. The molecule has 2 rings (SSSR count). The molecule has 1 atom stereocenters. The smallest absolute Gasteiger partial charge is 0.251 e. The minimum Gasteiger partial charge on any atom is -0.345 e. The molecule has 0 unspecified atom stereocenters. The Morgan fingerprint density at radius 1 is 1.05 bits per heavy atom. The quantitative estimate of drug-likeness (QED) is 0.897. The highest BCUT2D eigenvalue weighted by Gasteiger charge is 2.14. The highest BCUT2D eigenvalue weighted by atomic mass is 16.1. The third kappa shape index (κ3) is 3.91. The second-order valence-corrected chi connectivity index (χ2v) is 5.49. The van der Waals surface area contributed by atoms with E-state index in [0.29, 0.717) is 11.5 Å². The highest BCUT2D eigenvalue weighted by molar-refractivity contribution is 5.94. The fourth-order valence-corrected chi connectivity index (χ4v) is 2.28. The van der Waals surface area contributed by atoms with Crippen LogP contribution in [0.4, 0.5) is 0 Å². The molecule has 0 fully saturated rings. The Hall–Kier alpha value is -2.16. The molecule has 1 heterocycles. The number of aromatic nitrogens is 1. The summed E-state index contributed by atoms with van der Waals surface area (Å²) in [5, 5.41) is 3.08.